The minimum absolute atomic E-state index is 0.504. The van der Waals surface area contributed by atoms with Crippen LogP contribution in [-0.4, -0.2) is 39.1 Å². The molecule has 0 fully saturated rings. The predicted molar refractivity (Wildman–Crippen MR) is 57.9 cm³/mol. The van der Waals surface area contributed by atoms with Gasteiger partial charge in [0.25, 0.3) is 0 Å². The first kappa shape index (κ1) is 11.8. The summed E-state index contributed by atoms with van der Waals surface area (Å²) in [6, 6.07) is 0. The first-order chi connectivity index (χ1) is 8.40. The van der Waals surface area contributed by atoms with E-state index in [1.54, 1.807) is 0 Å². The van der Waals surface area contributed by atoms with Crippen LogP contribution in [0.25, 0.3) is 5.76 Å². The number of hydrogen-bond acceptors (Lipinski definition) is 7. The molecule has 0 unspecified atom stereocenters. The fraction of sp³-hybridized carbons (Fsp3) is 0.0909. The highest BCUT2D eigenvalue weighted by atomic mass is 16.5. The maximum absolute atomic E-state index is 11.6. The lowest BCUT2D eigenvalue weighted by atomic mass is 9.91. The van der Waals surface area contributed by atoms with Crippen molar-refractivity contribution >= 4 is 17.3 Å². The summed E-state index contributed by atoms with van der Waals surface area (Å²) in [5, 5.41) is 38.4. The summed E-state index contributed by atoms with van der Waals surface area (Å²) in [7, 11) is 1.09. The van der Waals surface area contributed by atoms with Crippen LogP contribution >= 0.6 is 0 Å². The van der Waals surface area contributed by atoms with Crippen LogP contribution in [0.1, 0.15) is 15.9 Å². The maximum atomic E-state index is 11.6. The molecule has 7 nitrogen and oxygen atoms in total. The Kier molecular flexibility index (Phi) is 2.39. The minimum Gasteiger partial charge on any atom is -0.507 e. The Morgan fingerprint density at radius 1 is 0.944 bits per heavy atom. The molecular formula is C11H8O7. The Balaban J connectivity index is 2.94. The number of fused-ring (bicyclic) bond motifs is 1. The number of ether oxygens (including phenoxy) is 1. The first-order valence-corrected chi connectivity index (χ1v) is 4.74. The maximum Gasteiger partial charge on any atom is 0.237 e. The summed E-state index contributed by atoms with van der Waals surface area (Å²) in [4.78, 5) is 22.8. The largest absolute Gasteiger partial charge is 0.507 e. The average molecular weight is 252 g/mol. The van der Waals surface area contributed by atoms with Crippen LogP contribution in [0.5, 0.6) is 23.0 Å². The molecule has 0 saturated carbocycles. The highest BCUT2D eigenvalue weighted by Crippen LogP contribution is 2.50. The number of rotatable bonds is 1. The topological polar surface area (TPSA) is 124 Å². The number of ketones is 2. The van der Waals surface area contributed by atoms with Crippen molar-refractivity contribution < 1.29 is 34.8 Å². The molecular weight excluding hydrogens is 244 g/mol. The van der Waals surface area contributed by atoms with E-state index < -0.39 is 51.5 Å². The fourth-order valence-corrected chi connectivity index (χ4v) is 1.74. The summed E-state index contributed by atoms with van der Waals surface area (Å²) in [6.45, 7) is 0. The van der Waals surface area contributed by atoms with Crippen molar-refractivity contribution in [3.8, 4) is 23.0 Å². The van der Waals surface area contributed by atoms with Crippen molar-refractivity contribution in [2.24, 2.45) is 0 Å². The Hall–Kier alpha value is -2.70. The number of carbonyl (C=O) groups is 2. The van der Waals surface area contributed by atoms with E-state index in [0.29, 0.717) is 6.08 Å². The average Bonchev–Trinajstić information content (AvgIpc) is 2.31. The number of allylic oxidation sites excluding steroid dienone is 1. The second-order valence-corrected chi connectivity index (χ2v) is 3.55. The normalized spacial score (nSPS) is 14.2. The van der Waals surface area contributed by atoms with Crippen LogP contribution in [0.3, 0.4) is 0 Å². The van der Waals surface area contributed by atoms with Gasteiger partial charge in [-0.05, 0) is 0 Å². The number of phenols is 3. The van der Waals surface area contributed by atoms with Gasteiger partial charge in [0.15, 0.2) is 11.5 Å². The van der Waals surface area contributed by atoms with Gasteiger partial charge >= 0.3 is 0 Å². The van der Waals surface area contributed by atoms with E-state index in [-0.39, 0.29) is 0 Å². The molecule has 0 spiro atoms. The molecule has 18 heavy (non-hydrogen) atoms. The van der Waals surface area contributed by atoms with Crippen LogP contribution in [-0.2, 0) is 4.79 Å². The second-order valence-electron chi connectivity index (χ2n) is 3.55. The van der Waals surface area contributed by atoms with Gasteiger partial charge in [0.2, 0.25) is 23.1 Å². The lowest BCUT2D eigenvalue weighted by Crippen LogP contribution is -2.19. The van der Waals surface area contributed by atoms with E-state index in [4.69, 9.17) is 0 Å². The number of Topliss-reactive ketones (excluding diaryl/α,β-unsaturated/α-hetero) is 1. The monoisotopic (exact) mass is 252 g/mol. The molecule has 0 radical (unpaired) electrons. The number of hydrogen-bond donors (Lipinski definition) is 4. The van der Waals surface area contributed by atoms with Crippen LogP contribution < -0.4 is 4.74 Å². The van der Waals surface area contributed by atoms with Gasteiger partial charge in [-0.15, -0.1) is 0 Å². The quantitative estimate of drug-likeness (QED) is 0.325. The summed E-state index contributed by atoms with van der Waals surface area (Å²) >= 11 is 0. The molecule has 94 valence electrons. The van der Waals surface area contributed by atoms with Crippen molar-refractivity contribution in [2.45, 2.75) is 0 Å². The molecule has 4 N–H and O–H groups in total. The lowest BCUT2D eigenvalue weighted by Gasteiger charge is -2.18. The highest BCUT2D eigenvalue weighted by molar-refractivity contribution is 6.51. The standard InChI is InChI=1S/C11H8O7/c1-18-11-9(16)6-5(8(15)10(11)17)3(12)2-4(13)7(6)14/h2,12,15-17H,1H3. The molecule has 0 aromatic heterocycles. The Morgan fingerprint density at radius 3 is 2.11 bits per heavy atom. The van der Waals surface area contributed by atoms with Crippen molar-refractivity contribution in [1.82, 2.24) is 0 Å². The number of aliphatic hydroxyl groups is 1. The second kappa shape index (κ2) is 3.66. The molecule has 1 aliphatic rings. The van der Waals surface area contributed by atoms with Crippen molar-refractivity contribution in [1.29, 1.82) is 0 Å². The van der Waals surface area contributed by atoms with E-state index in [1.165, 1.54) is 0 Å². The zero-order chi connectivity index (χ0) is 13.6. The van der Waals surface area contributed by atoms with Gasteiger partial charge in [0, 0.05) is 6.08 Å². The Bertz CT molecular complexity index is 613. The Morgan fingerprint density at radius 2 is 1.56 bits per heavy atom. The SMILES string of the molecule is COc1c(O)c(O)c2c(c1O)C(=O)C(=O)C=C2O. The van der Waals surface area contributed by atoms with E-state index in [1.807, 2.05) is 0 Å². The molecule has 0 saturated heterocycles. The van der Waals surface area contributed by atoms with E-state index in [2.05, 4.69) is 4.74 Å². The third-order valence-electron chi connectivity index (χ3n) is 2.56. The molecule has 2 rings (SSSR count). The van der Waals surface area contributed by atoms with Crippen molar-refractivity contribution in [3.63, 3.8) is 0 Å². The van der Waals surface area contributed by atoms with Crippen LogP contribution in [0, 0.1) is 0 Å². The molecule has 0 atom stereocenters. The van der Waals surface area contributed by atoms with Gasteiger partial charge < -0.3 is 25.2 Å². The fourth-order valence-electron chi connectivity index (χ4n) is 1.74. The molecule has 1 aliphatic carbocycles. The number of methoxy groups -OCH3 is 1. The number of benzene rings is 1. The molecule has 0 amide bonds. The molecule has 0 heterocycles. The van der Waals surface area contributed by atoms with Crippen LogP contribution in [0.2, 0.25) is 0 Å². The highest BCUT2D eigenvalue weighted by Gasteiger charge is 2.35. The molecule has 1 aromatic rings. The first-order valence-electron chi connectivity index (χ1n) is 4.74. The smallest absolute Gasteiger partial charge is 0.237 e. The van der Waals surface area contributed by atoms with Gasteiger partial charge in [0.05, 0.1) is 18.2 Å². The minimum atomic E-state index is -1.12. The lowest BCUT2D eigenvalue weighted by molar-refractivity contribution is -0.111. The molecule has 1 aromatic carbocycles. The zero-order valence-corrected chi connectivity index (χ0v) is 9.09. The third kappa shape index (κ3) is 1.30. The third-order valence-corrected chi connectivity index (χ3v) is 2.56. The Labute approximate surface area is 100 Å². The van der Waals surface area contributed by atoms with Crippen LogP contribution in [0.4, 0.5) is 0 Å². The summed E-state index contributed by atoms with van der Waals surface area (Å²) < 4.78 is 4.62. The number of aromatic hydroxyl groups is 3. The van der Waals surface area contributed by atoms with E-state index >= 15 is 0 Å². The van der Waals surface area contributed by atoms with Crippen LogP contribution in [0.15, 0.2) is 6.08 Å². The summed E-state index contributed by atoms with van der Waals surface area (Å²) in [5.74, 6) is -5.95. The van der Waals surface area contributed by atoms with Crippen molar-refractivity contribution in [2.75, 3.05) is 7.11 Å². The van der Waals surface area contributed by atoms with Gasteiger partial charge in [-0.3, -0.25) is 9.59 Å². The van der Waals surface area contributed by atoms with Gasteiger partial charge in [0.1, 0.15) is 5.76 Å². The number of phenolic OH excluding ortho intramolecular Hbond substituents is 3. The van der Waals surface area contributed by atoms with Crippen molar-refractivity contribution in [3.05, 3.63) is 17.2 Å². The molecule has 0 bridgehead atoms. The molecule has 7 heteroatoms. The van der Waals surface area contributed by atoms with E-state index in [9.17, 15) is 30.0 Å². The summed E-state index contributed by atoms with van der Waals surface area (Å²) in [5.41, 5.74) is -1.11. The molecule has 0 aliphatic heterocycles. The van der Waals surface area contributed by atoms with Gasteiger partial charge in [-0.1, -0.05) is 0 Å². The van der Waals surface area contributed by atoms with E-state index in [0.717, 1.165) is 7.11 Å². The zero-order valence-electron chi connectivity index (χ0n) is 9.09. The van der Waals surface area contributed by atoms with Gasteiger partial charge in [-0.25, -0.2) is 0 Å². The number of aliphatic hydroxyl groups excluding tert-OH is 1. The summed E-state index contributed by atoms with van der Waals surface area (Å²) in [6.07, 6.45) is 0.593. The van der Waals surface area contributed by atoms with Gasteiger partial charge in [-0.2, -0.15) is 0 Å². The predicted octanol–water partition coefficient (Wildman–Crippen LogP) is 0.476. The number of carbonyl (C=O) groups excluding carboxylic acids is 2.